The standard InChI is InChI=1S/C23H20BrClO3/c1-15(2)16-3-5-17(6-4-16)22(26)11-10-19-8-9-20(28-19)14-27-23-12-7-18(24)13-21(23)25/h3-13,15H,14H2,1-2H3/b11-10+. The predicted molar refractivity (Wildman–Crippen MR) is 116 cm³/mol. The van der Waals surface area contributed by atoms with E-state index in [1.807, 2.05) is 36.4 Å². The predicted octanol–water partition coefficient (Wildman–Crippen LogP) is 7.29. The summed E-state index contributed by atoms with van der Waals surface area (Å²) in [6.45, 7) is 4.50. The number of ether oxygens (including phenoxy) is 1. The Morgan fingerprint density at radius 3 is 2.57 bits per heavy atom. The van der Waals surface area contributed by atoms with E-state index in [1.54, 1.807) is 24.3 Å². The first-order valence-corrected chi connectivity index (χ1v) is 10.1. The largest absolute Gasteiger partial charge is 0.484 e. The summed E-state index contributed by atoms with van der Waals surface area (Å²) in [4.78, 5) is 12.3. The number of furan rings is 1. The molecule has 0 fully saturated rings. The highest BCUT2D eigenvalue weighted by molar-refractivity contribution is 9.10. The van der Waals surface area contributed by atoms with Gasteiger partial charge in [-0.05, 0) is 54.0 Å². The van der Waals surface area contributed by atoms with E-state index in [2.05, 4.69) is 29.8 Å². The summed E-state index contributed by atoms with van der Waals surface area (Å²) in [5.74, 6) is 2.19. The molecule has 1 heterocycles. The van der Waals surface area contributed by atoms with Crippen LogP contribution in [0.5, 0.6) is 5.75 Å². The van der Waals surface area contributed by atoms with Crippen molar-refractivity contribution in [1.82, 2.24) is 0 Å². The van der Waals surface area contributed by atoms with Gasteiger partial charge in [-0.3, -0.25) is 4.79 Å². The van der Waals surface area contributed by atoms with Gasteiger partial charge in [0, 0.05) is 10.0 Å². The lowest BCUT2D eigenvalue weighted by Crippen LogP contribution is -1.95. The molecule has 0 saturated carbocycles. The number of ketones is 1. The third-order valence-corrected chi connectivity index (χ3v) is 5.00. The zero-order chi connectivity index (χ0) is 20.1. The van der Waals surface area contributed by atoms with Crippen LogP contribution in [0.15, 0.2) is 69.6 Å². The summed E-state index contributed by atoms with van der Waals surface area (Å²) in [6.07, 6.45) is 3.17. The van der Waals surface area contributed by atoms with E-state index < -0.39 is 0 Å². The number of allylic oxidation sites excluding steroid dienone is 1. The van der Waals surface area contributed by atoms with Crippen LogP contribution in [0.4, 0.5) is 0 Å². The van der Waals surface area contributed by atoms with Crippen molar-refractivity contribution < 1.29 is 13.9 Å². The van der Waals surface area contributed by atoms with Gasteiger partial charge in [0.25, 0.3) is 0 Å². The Kier molecular flexibility index (Phi) is 6.76. The number of benzene rings is 2. The molecule has 0 aliphatic heterocycles. The van der Waals surface area contributed by atoms with Gasteiger partial charge in [0.1, 0.15) is 23.9 Å². The molecule has 0 atom stereocenters. The summed E-state index contributed by atoms with van der Waals surface area (Å²) in [5, 5.41) is 0.523. The molecule has 2 aromatic carbocycles. The fourth-order valence-corrected chi connectivity index (χ4v) is 3.32. The first-order chi connectivity index (χ1) is 13.4. The van der Waals surface area contributed by atoms with Crippen LogP contribution in [-0.4, -0.2) is 5.78 Å². The second kappa shape index (κ2) is 9.26. The molecule has 0 unspecified atom stereocenters. The van der Waals surface area contributed by atoms with E-state index >= 15 is 0 Å². The van der Waals surface area contributed by atoms with Crippen LogP contribution in [0.25, 0.3) is 6.08 Å². The Morgan fingerprint density at radius 1 is 1.14 bits per heavy atom. The fraction of sp³-hybridized carbons (Fsp3) is 0.174. The molecule has 28 heavy (non-hydrogen) atoms. The van der Waals surface area contributed by atoms with E-state index in [-0.39, 0.29) is 12.4 Å². The molecule has 0 aliphatic carbocycles. The van der Waals surface area contributed by atoms with Gasteiger partial charge in [-0.15, -0.1) is 0 Å². The molecule has 0 N–H and O–H groups in total. The maximum Gasteiger partial charge on any atom is 0.185 e. The molecule has 3 rings (SSSR count). The molecule has 0 spiro atoms. The quantitative estimate of drug-likeness (QED) is 0.275. The summed E-state index contributed by atoms with van der Waals surface area (Å²) in [6, 6.07) is 16.7. The molecule has 0 aliphatic rings. The number of hydrogen-bond acceptors (Lipinski definition) is 3. The topological polar surface area (TPSA) is 39.4 Å². The van der Waals surface area contributed by atoms with Crippen molar-refractivity contribution in [2.45, 2.75) is 26.4 Å². The minimum absolute atomic E-state index is 0.0637. The molecular formula is C23H20BrClO3. The first kappa shape index (κ1) is 20.4. The lowest BCUT2D eigenvalue weighted by Gasteiger charge is -2.06. The van der Waals surface area contributed by atoms with E-state index in [0.717, 1.165) is 4.47 Å². The SMILES string of the molecule is CC(C)c1ccc(C(=O)/C=C/c2ccc(COc3ccc(Br)cc3Cl)o2)cc1. The van der Waals surface area contributed by atoms with Gasteiger partial charge in [-0.2, -0.15) is 0 Å². The Bertz CT molecular complexity index is 987. The van der Waals surface area contributed by atoms with E-state index in [0.29, 0.717) is 33.8 Å². The fourth-order valence-electron chi connectivity index (χ4n) is 2.59. The average molecular weight is 460 g/mol. The molecule has 0 bridgehead atoms. The minimum Gasteiger partial charge on any atom is -0.484 e. The van der Waals surface area contributed by atoms with Crippen LogP contribution in [0.1, 0.15) is 47.2 Å². The second-order valence-corrected chi connectivity index (χ2v) is 7.96. The zero-order valence-corrected chi connectivity index (χ0v) is 18.0. The third kappa shape index (κ3) is 5.37. The van der Waals surface area contributed by atoms with Crippen LogP contribution < -0.4 is 4.74 Å². The number of halogens is 2. The second-order valence-electron chi connectivity index (χ2n) is 6.64. The van der Waals surface area contributed by atoms with Crippen molar-refractivity contribution in [3.05, 3.63) is 92.8 Å². The molecule has 0 amide bonds. The Morgan fingerprint density at radius 2 is 1.89 bits per heavy atom. The summed E-state index contributed by atoms with van der Waals surface area (Å²) in [7, 11) is 0. The number of carbonyl (C=O) groups excluding carboxylic acids is 1. The van der Waals surface area contributed by atoms with Gasteiger partial charge < -0.3 is 9.15 Å². The minimum atomic E-state index is -0.0637. The maximum atomic E-state index is 12.3. The first-order valence-electron chi connectivity index (χ1n) is 8.91. The molecule has 3 nitrogen and oxygen atoms in total. The molecule has 0 saturated heterocycles. The van der Waals surface area contributed by atoms with Crippen LogP contribution >= 0.6 is 27.5 Å². The van der Waals surface area contributed by atoms with E-state index in [9.17, 15) is 4.79 Å². The van der Waals surface area contributed by atoms with Crippen molar-refractivity contribution in [3.63, 3.8) is 0 Å². The van der Waals surface area contributed by atoms with Gasteiger partial charge in [-0.25, -0.2) is 0 Å². The summed E-state index contributed by atoms with van der Waals surface area (Å²) in [5.41, 5.74) is 1.86. The molecule has 0 radical (unpaired) electrons. The highest BCUT2D eigenvalue weighted by Gasteiger charge is 2.07. The van der Waals surface area contributed by atoms with Crippen LogP contribution in [0.2, 0.25) is 5.02 Å². The number of carbonyl (C=O) groups is 1. The molecule has 3 aromatic rings. The van der Waals surface area contributed by atoms with Crippen LogP contribution in [0, 0.1) is 0 Å². The van der Waals surface area contributed by atoms with E-state index in [1.165, 1.54) is 11.6 Å². The van der Waals surface area contributed by atoms with Gasteiger partial charge in [-0.1, -0.05) is 65.6 Å². The van der Waals surface area contributed by atoms with Crippen molar-refractivity contribution in [1.29, 1.82) is 0 Å². The average Bonchev–Trinajstić information content (AvgIpc) is 3.13. The molecule has 5 heteroatoms. The monoisotopic (exact) mass is 458 g/mol. The third-order valence-electron chi connectivity index (χ3n) is 4.21. The molecular weight excluding hydrogens is 440 g/mol. The Balaban J connectivity index is 1.59. The molecule has 1 aromatic heterocycles. The maximum absolute atomic E-state index is 12.3. The van der Waals surface area contributed by atoms with Gasteiger partial charge in [0.05, 0.1) is 5.02 Å². The Hall–Kier alpha value is -2.30. The van der Waals surface area contributed by atoms with Gasteiger partial charge in [0.15, 0.2) is 5.78 Å². The van der Waals surface area contributed by atoms with E-state index in [4.69, 9.17) is 20.8 Å². The zero-order valence-electron chi connectivity index (χ0n) is 15.6. The van der Waals surface area contributed by atoms with Crippen molar-refractivity contribution in [3.8, 4) is 5.75 Å². The number of rotatable bonds is 7. The smallest absolute Gasteiger partial charge is 0.185 e. The normalized spacial score (nSPS) is 11.3. The number of hydrogen-bond donors (Lipinski definition) is 0. The Labute approximate surface area is 178 Å². The van der Waals surface area contributed by atoms with Crippen molar-refractivity contribution in [2.24, 2.45) is 0 Å². The molecule has 144 valence electrons. The highest BCUT2D eigenvalue weighted by Crippen LogP contribution is 2.28. The van der Waals surface area contributed by atoms with Gasteiger partial charge >= 0.3 is 0 Å². The van der Waals surface area contributed by atoms with Crippen molar-refractivity contribution in [2.75, 3.05) is 0 Å². The van der Waals surface area contributed by atoms with Crippen LogP contribution in [0.3, 0.4) is 0 Å². The van der Waals surface area contributed by atoms with Crippen LogP contribution in [-0.2, 0) is 6.61 Å². The summed E-state index contributed by atoms with van der Waals surface area (Å²) < 4.78 is 12.3. The highest BCUT2D eigenvalue weighted by atomic mass is 79.9. The van der Waals surface area contributed by atoms with Crippen molar-refractivity contribution >= 4 is 39.4 Å². The lowest BCUT2D eigenvalue weighted by atomic mass is 10.0. The van der Waals surface area contributed by atoms with Gasteiger partial charge in [0.2, 0.25) is 0 Å². The summed E-state index contributed by atoms with van der Waals surface area (Å²) >= 11 is 9.49. The lowest BCUT2D eigenvalue weighted by molar-refractivity contribution is 0.104.